The Balaban J connectivity index is 1.87. The van der Waals surface area contributed by atoms with Gasteiger partial charge in [0, 0.05) is 0 Å². The van der Waals surface area contributed by atoms with Crippen LogP contribution >= 0.6 is 0 Å². The number of hydrogen-bond donors (Lipinski definition) is 0. The topological polar surface area (TPSA) is 0 Å². The summed E-state index contributed by atoms with van der Waals surface area (Å²) in [5.41, 5.74) is 9.14. The van der Waals surface area contributed by atoms with Gasteiger partial charge in [-0.3, -0.25) is 0 Å². The summed E-state index contributed by atoms with van der Waals surface area (Å²) in [6, 6.07) is 0. The van der Waals surface area contributed by atoms with Crippen molar-refractivity contribution in [1.82, 2.24) is 0 Å². The highest BCUT2D eigenvalue weighted by atomic mass is 14.3. The Morgan fingerprint density at radius 1 is 0.684 bits per heavy atom. The van der Waals surface area contributed by atoms with E-state index in [0.29, 0.717) is 0 Å². The van der Waals surface area contributed by atoms with E-state index < -0.39 is 0 Å². The summed E-state index contributed by atoms with van der Waals surface area (Å²) in [5, 5.41) is 0. The van der Waals surface area contributed by atoms with Gasteiger partial charge in [-0.2, -0.15) is 0 Å². The van der Waals surface area contributed by atoms with Crippen LogP contribution in [-0.4, -0.2) is 0 Å². The molecule has 92 valence electrons. The second-order valence-electron chi connectivity index (χ2n) is 5.01. The predicted octanol–water partition coefficient (Wildman–Crippen LogP) is 4.90. The van der Waals surface area contributed by atoms with Crippen LogP contribution in [0.5, 0.6) is 0 Å². The minimum absolute atomic E-state index is 1.05. The van der Waals surface area contributed by atoms with Crippen LogP contribution in [0, 0.1) is 0 Å². The normalized spacial score (nSPS) is 21.5. The van der Waals surface area contributed by atoms with Gasteiger partial charge in [-0.15, -0.1) is 0 Å². The van der Waals surface area contributed by atoms with Crippen molar-refractivity contribution >= 4 is 0 Å². The summed E-state index contributed by atoms with van der Waals surface area (Å²) in [6.07, 6.45) is 14.7. The second-order valence-corrected chi connectivity index (χ2v) is 5.01. The van der Waals surface area contributed by atoms with Gasteiger partial charge in [-0.05, 0) is 51.5 Å². The standard InChI is InChI=1S/C19H16/c1-12-8-9-17(14(12)3)19-11-10-18(15(19)4)16-7-5-6-13(16)2/h5-11H,2-4H2,1H3. The molecule has 0 aromatic heterocycles. The molecule has 0 saturated carbocycles. The van der Waals surface area contributed by atoms with Crippen molar-refractivity contribution in [2.75, 3.05) is 0 Å². The summed E-state index contributed by atoms with van der Waals surface area (Å²) >= 11 is 0. The fraction of sp³-hybridized carbons (Fsp3) is 0.0526. The highest BCUT2D eigenvalue weighted by Crippen LogP contribution is 2.42. The van der Waals surface area contributed by atoms with Crippen LogP contribution in [0.25, 0.3) is 0 Å². The molecule has 0 atom stereocenters. The molecule has 0 amide bonds. The van der Waals surface area contributed by atoms with Crippen molar-refractivity contribution in [2.45, 2.75) is 6.92 Å². The first-order chi connectivity index (χ1) is 9.09. The summed E-state index contributed by atoms with van der Waals surface area (Å²) in [4.78, 5) is 0. The van der Waals surface area contributed by atoms with Crippen LogP contribution in [0.1, 0.15) is 6.92 Å². The summed E-state index contributed by atoms with van der Waals surface area (Å²) < 4.78 is 0. The maximum Gasteiger partial charge on any atom is -0.0105 e. The van der Waals surface area contributed by atoms with Crippen molar-refractivity contribution in [3.8, 4) is 0 Å². The van der Waals surface area contributed by atoms with Gasteiger partial charge in [-0.25, -0.2) is 0 Å². The fourth-order valence-electron chi connectivity index (χ4n) is 2.61. The molecule has 0 saturated heterocycles. The number of allylic oxidation sites excluding steroid dienone is 15. The molecule has 0 unspecified atom stereocenters. The lowest BCUT2D eigenvalue weighted by Gasteiger charge is -2.13. The molecule has 3 aliphatic rings. The third-order valence-electron chi connectivity index (χ3n) is 3.85. The Bertz CT molecular complexity index is 707. The van der Waals surface area contributed by atoms with Gasteiger partial charge < -0.3 is 0 Å². The Labute approximate surface area is 114 Å². The minimum atomic E-state index is 1.05. The predicted molar refractivity (Wildman–Crippen MR) is 82.6 cm³/mol. The SMILES string of the molecule is C=C1C=CC=C1C1=CC=C(C2=CC=C(C)C2=C)C1=C. The molecule has 0 nitrogen and oxygen atoms in total. The van der Waals surface area contributed by atoms with E-state index in [0.717, 1.165) is 16.7 Å². The molecule has 0 radical (unpaired) electrons. The number of rotatable bonds is 2. The van der Waals surface area contributed by atoms with E-state index in [9.17, 15) is 0 Å². The average Bonchev–Trinajstić information content (AvgIpc) is 3.03. The van der Waals surface area contributed by atoms with Crippen molar-refractivity contribution in [1.29, 1.82) is 0 Å². The zero-order valence-electron chi connectivity index (χ0n) is 11.2. The highest BCUT2D eigenvalue weighted by molar-refractivity contribution is 5.77. The lowest BCUT2D eigenvalue weighted by molar-refractivity contribution is 1.37. The summed E-state index contributed by atoms with van der Waals surface area (Å²) in [6.45, 7) is 14.5. The van der Waals surface area contributed by atoms with Gasteiger partial charge in [0.05, 0.1) is 0 Å². The molecule has 0 spiro atoms. The molecule has 0 aliphatic heterocycles. The zero-order chi connectivity index (χ0) is 13.6. The molecule has 3 aliphatic carbocycles. The molecular weight excluding hydrogens is 228 g/mol. The molecule has 0 heteroatoms. The van der Waals surface area contributed by atoms with Crippen LogP contribution in [0.2, 0.25) is 0 Å². The van der Waals surface area contributed by atoms with Crippen LogP contribution in [-0.2, 0) is 0 Å². The van der Waals surface area contributed by atoms with E-state index in [-0.39, 0.29) is 0 Å². The third-order valence-corrected chi connectivity index (χ3v) is 3.85. The van der Waals surface area contributed by atoms with E-state index in [1.165, 1.54) is 27.9 Å². The van der Waals surface area contributed by atoms with E-state index in [1.807, 2.05) is 12.2 Å². The number of hydrogen-bond acceptors (Lipinski definition) is 0. The summed E-state index contributed by atoms with van der Waals surface area (Å²) in [7, 11) is 0. The molecule has 0 aromatic carbocycles. The van der Waals surface area contributed by atoms with Gasteiger partial charge in [0.15, 0.2) is 0 Å². The van der Waals surface area contributed by atoms with Crippen molar-refractivity contribution in [2.24, 2.45) is 0 Å². The first kappa shape index (κ1) is 11.7. The highest BCUT2D eigenvalue weighted by Gasteiger charge is 2.24. The first-order valence-corrected chi connectivity index (χ1v) is 6.38. The van der Waals surface area contributed by atoms with Gasteiger partial charge in [0.1, 0.15) is 0 Å². The van der Waals surface area contributed by atoms with Gasteiger partial charge in [-0.1, -0.05) is 62.3 Å². The minimum Gasteiger partial charge on any atom is -0.0911 e. The smallest absolute Gasteiger partial charge is 0.0105 e. The monoisotopic (exact) mass is 244 g/mol. The van der Waals surface area contributed by atoms with Crippen LogP contribution in [0.3, 0.4) is 0 Å². The zero-order valence-corrected chi connectivity index (χ0v) is 11.2. The van der Waals surface area contributed by atoms with Crippen molar-refractivity contribution < 1.29 is 0 Å². The fourth-order valence-corrected chi connectivity index (χ4v) is 2.61. The van der Waals surface area contributed by atoms with Crippen molar-refractivity contribution in [3.05, 3.63) is 107 Å². The molecule has 0 N–H and O–H groups in total. The van der Waals surface area contributed by atoms with Gasteiger partial charge in [0.25, 0.3) is 0 Å². The molecule has 3 rings (SSSR count). The Hall–Kier alpha value is -2.34. The molecule has 0 aromatic rings. The van der Waals surface area contributed by atoms with Crippen LogP contribution < -0.4 is 0 Å². The lowest BCUT2D eigenvalue weighted by Crippen LogP contribution is -1.96. The molecule has 0 heterocycles. The molecule has 19 heavy (non-hydrogen) atoms. The first-order valence-electron chi connectivity index (χ1n) is 6.38. The van der Waals surface area contributed by atoms with E-state index in [1.54, 1.807) is 0 Å². The van der Waals surface area contributed by atoms with Crippen LogP contribution in [0.15, 0.2) is 107 Å². The molecular formula is C19H16. The Morgan fingerprint density at radius 3 is 1.79 bits per heavy atom. The van der Waals surface area contributed by atoms with E-state index in [4.69, 9.17) is 0 Å². The van der Waals surface area contributed by atoms with E-state index >= 15 is 0 Å². The third kappa shape index (κ3) is 1.68. The van der Waals surface area contributed by atoms with Crippen molar-refractivity contribution in [3.63, 3.8) is 0 Å². The van der Waals surface area contributed by atoms with Gasteiger partial charge in [0.2, 0.25) is 0 Å². The van der Waals surface area contributed by atoms with Crippen LogP contribution in [0.4, 0.5) is 0 Å². The van der Waals surface area contributed by atoms with Gasteiger partial charge >= 0.3 is 0 Å². The second kappa shape index (κ2) is 4.10. The quantitative estimate of drug-likeness (QED) is 0.648. The molecule has 0 fully saturated rings. The molecule has 0 bridgehead atoms. The lowest BCUT2D eigenvalue weighted by atomic mass is 9.90. The maximum atomic E-state index is 4.25. The largest absolute Gasteiger partial charge is 0.0911 e. The Morgan fingerprint density at radius 2 is 1.26 bits per heavy atom. The average molecular weight is 244 g/mol. The Kier molecular flexibility index (Phi) is 2.53. The summed E-state index contributed by atoms with van der Waals surface area (Å²) in [5.74, 6) is 0. The van der Waals surface area contributed by atoms with E-state index in [2.05, 4.69) is 57.0 Å². The maximum absolute atomic E-state index is 4.25.